The molecule has 2 aromatic rings. The van der Waals surface area contributed by atoms with E-state index >= 15 is 0 Å². The number of nitro groups is 1. The van der Waals surface area contributed by atoms with Gasteiger partial charge >= 0.3 is 5.69 Å². The van der Waals surface area contributed by atoms with Crippen molar-refractivity contribution < 1.29 is 4.92 Å². The molecule has 1 aromatic carbocycles. The highest BCUT2D eigenvalue weighted by molar-refractivity contribution is 9.10. The van der Waals surface area contributed by atoms with Crippen molar-refractivity contribution in [2.24, 2.45) is 0 Å². The van der Waals surface area contributed by atoms with E-state index in [1.165, 1.54) is 0 Å². The molecule has 0 amide bonds. The molecular weight excluding hydrogens is 350 g/mol. The Morgan fingerprint density at radius 2 is 2.25 bits per heavy atom. The minimum Gasteiger partial charge on any atom is -0.333 e. The van der Waals surface area contributed by atoms with Crippen LogP contribution in [0.5, 0.6) is 0 Å². The molecule has 2 rings (SSSR count). The summed E-state index contributed by atoms with van der Waals surface area (Å²) >= 11 is 8.87. The molecular formula is C11H5BrClN5O2. The molecule has 0 radical (unpaired) electrons. The van der Waals surface area contributed by atoms with Crippen molar-refractivity contribution in [1.82, 2.24) is 9.97 Å². The molecule has 9 heteroatoms. The van der Waals surface area contributed by atoms with Crippen molar-refractivity contribution in [3.63, 3.8) is 0 Å². The monoisotopic (exact) mass is 353 g/mol. The Labute approximate surface area is 126 Å². The van der Waals surface area contributed by atoms with Crippen LogP contribution in [0, 0.1) is 21.4 Å². The number of nitrogens with one attached hydrogen (secondary N) is 1. The minimum atomic E-state index is -0.635. The van der Waals surface area contributed by atoms with Crippen LogP contribution in [0.25, 0.3) is 0 Å². The van der Waals surface area contributed by atoms with Crippen LogP contribution in [0.2, 0.25) is 5.28 Å². The first-order chi connectivity index (χ1) is 9.51. The maximum Gasteiger partial charge on any atom is 0.329 e. The highest BCUT2D eigenvalue weighted by Gasteiger charge is 2.18. The number of nitriles is 1. The summed E-state index contributed by atoms with van der Waals surface area (Å²) in [4.78, 5) is 17.6. The van der Waals surface area contributed by atoms with Crippen molar-refractivity contribution in [1.29, 1.82) is 5.26 Å². The van der Waals surface area contributed by atoms with E-state index in [-0.39, 0.29) is 16.8 Å². The van der Waals surface area contributed by atoms with Crippen molar-refractivity contribution >= 4 is 44.7 Å². The SMILES string of the molecule is N#Cc1cc(Br)ccc1Nc1nc(Cl)ncc1[N+](=O)[O-]. The summed E-state index contributed by atoms with van der Waals surface area (Å²) in [5.41, 5.74) is 0.359. The maximum atomic E-state index is 10.9. The van der Waals surface area contributed by atoms with Gasteiger partial charge in [0, 0.05) is 4.47 Å². The third kappa shape index (κ3) is 3.01. The molecule has 20 heavy (non-hydrogen) atoms. The highest BCUT2D eigenvalue weighted by atomic mass is 79.9. The summed E-state index contributed by atoms with van der Waals surface area (Å²) in [5, 5.41) is 22.5. The Morgan fingerprint density at radius 1 is 1.50 bits per heavy atom. The Morgan fingerprint density at radius 3 is 2.90 bits per heavy atom. The van der Waals surface area contributed by atoms with Gasteiger partial charge in [0.2, 0.25) is 11.1 Å². The molecule has 0 unspecified atom stereocenters. The number of nitrogens with zero attached hydrogens (tertiary/aromatic N) is 4. The lowest BCUT2D eigenvalue weighted by atomic mass is 10.2. The molecule has 0 aliphatic carbocycles. The first-order valence-electron chi connectivity index (χ1n) is 5.15. The molecule has 0 fully saturated rings. The zero-order valence-corrected chi connectivity index (χ0v) is 12.0. The fourth-order valence-electron chi connectivity index (χ4n) is 1.43. The van der Waals surface area contributed by atoms with Gasteiger partial charge in [-0.3, -0.25) is 10.1 Å². The van der Waals surface area contributed by atoms with E-state index in [0.29, 0.717) is 11.3 Å². The molecule has 0 spiro atoms. The average molecular weight is 355 g/mol. The van der Waals surface area contributed by atoms with Gasteiger partial charge in [-0.25, -0.2) is 4.98 Å². The summed E-state index contributed by atoms with van der Waals surface area (Å²) in [6, 6.07) is 6.85. The molecule has 100 valence electrons. The van der Waals surface area contributed by atoms with E-state index in [1.54, 1.807) is 18.2 Å². The van der Waals surface area contributed by atoms with Crippen LogP contribution in [-0.4, -0.2) is 14.9 Å². The summed E-state index contributed by atoms with van der Waals surface area (Å²) in [5.74, 6) is -0.0752. The van der Waals surface area contributed by atoms with Gasteiger partial charge < -0.3 is 5.32 Å². The Balaban J connectivity index is 2.47. The molecule has 1 heterocycles. The molecule has 1 N–H and O–H groups in total. The number of anilines is 2. The minimum absolute atomic E-state index is 0.0752. The number of hydrogen-bond donors (Lipinski definition) is 1. The topological polar surface area (TPSA) is 105 Å². The lowest BCUT2D eigenvalue weighted by Crippen LogP contribution is -2.02. The Bertz CT molecular complexity index is 731. The fourth-order valence-corrected chi connectivity index (χ4v) is 1.92. The number of halogens is 2. The Hall–Kier alpha value is -2.24. The second-order valence-electron chi connectivity index (χ2n) is 3.56. The Kier molecular flexibility index (Phi) is 4.12. The highest BCUT2D eigenvalue weighted by Crippen LogP contribution is 2.28. The standard InChI is InChI=1S/C11H5BrClN5O2/c12-7-1-2-8(6(3-7)4-14)16-10-9(18(19)20)5-15-11(13)17-10/h1-3,5H,(H,15,16,17). The molecule has 0 saturated carbocycles. The van der Waals surface area contributed by atoms with Crippen LogP contribution < -0.4 is 5.32 Å². The van der Waals surface area contributed by atoms with Crippen LogP contribution in [0.15, 0.2) is 28.9 Å². The van der Waals surface area contributed by atoms with Gasteiger partial charge in [0.1, 0.15) is 12.3 Å². The fraction of sp³-hybridized carbons (Fsp3) is 0. The molecule has 7 nitrogen and oxygen atoms in total. The number of aromatic nitrogens is 2. The van der Waals surface area contributed by atoms with Gasteiger partial charge in [0.25, 0.3) is 0 Å². The predicted octanol–water partition coefficient (Wildman–Crippen LogP) is 3.42. The van der Waals surface area contributed by atoms with Crippen molar-refractivity contribution in [2.75, 3.05) is 5.32 Å². The van der Waals surface area contributed by atoms with Crippen LogP contribution >= 0.6 is 27.5 Å². The largest absolute Gasteiger partial charge is 0.333 e. The third-order valence-corrected chi connectivity index (χ3v) is 2.97. The van der Waals surface area contributed by atoms with E-state index in [1.807, 2.05) is 6.07 Å². The lowest BCUT2D eigenvalue weighted by molar-refractivity contribution is -0.384. The smallest absolute Gasteiger partial charge is 0.329 e. The summed E-state index contributed by atoms with van der Waals surface area (Å²) in [7, 11) is 0. The zero-order valence-electron chi connectivity index (χ0n) is 9.67. The molecule has 1 aromatic heterocycles. The van der Waals surface area contributed by atoms with Gasteiger partial charge in [-0.05, 0) is 29.8 Å². The van der Waals surface area contributed by atoms with Gasteiger partial charge in [-0.15, -0.1) is 0 Å². The van der Waals surface area contributed by atoms with Crippen LogP contribution in [-0.2, 0) is 0 Å². The molecule has 0 bridgehead atoms. The van der Waals surface area contributed by atoms with Gasteiger partial charge in [-0.2, -0.15) is 10.2 Å². The molecule has 0 saturated heterocycles. The molecule has 0 aliphatic rings. The summed E-state index contributed by atoms with van der Waals surface area (Å²) < 4.78 is 0.717. The number of hydrogen-bond acceptors (Lipinski definition) is 6. The quantitative estimate of drug-likeness (QED) is 0.514. The van der Waals surface area contributed by atoms with Crippen LogP contribution in [0.3, 0.4) is 0 Å². The van der Waals surface area contributed by atoms with Gasteiger partial charge in [-0.1, -0.05) is 15.9 Å². The number of benzene rings is 1. The second-order valence-corrected chi connectivity index (χ2v) is 4.81. The van der Waals surface area contributed by atoms with Crippen molar-refractivity contribution in [3.8, 4) is 6.07 Å². The molecule has 0 aliphatic heterocycles. The number of rotatable bonds is 3. The van der Waals surface area contributed by atoms with E-state index in [0.717, 1.165) is 10.7 Å². The van der Waals surface area contributed by atoms with Gasteiger partial charge in [0.15, 0.2) is 0 Å². The van der Waals surface area contributed by atoms with E-state index in [9.17, 15) is 10.1 Å². The normalized spacial score (nSPS) is 9.85. The van der Waals surface area contributed by atoms with E-state index < -0.39 is 4.92 Å². The van der Waals surface area contributed by atoms with Crippen molar-refractivity contribution in [3.05, 3.63) is 49.8 Å². The average Bonchev–Trinajstić information content (AvgIpc) is 2.40. The van der Waals surface area contributed by atoms with Gasteiger partial charge in [0.05, 0.1) is 16.2 Å². The summed E-state index contributed by atoms with van der Waals surface area (Å²) in [6.07, 6.45) is 1.00. The van der Waals surface area contributed by atoms with Crippen molar-refractivity contribution in [2.45, 2.75) is 0 Å². The summed E-state index contributed by atoms with van der Waals surface area (Å²) in [6.45, 7) is 0. The maximum absolute atomic E-state index is 10.9. The molecule has 0 atom stereocenters. The van der Waals surface area contributed by atoms with Crippen LogP contribution in [0.4, 0.5) is 17.2 Å². The van der Waals surface area contributed by atoms with E-state index in [2.05, 4.69) is 31.2 Å². The first kappa shape index (κ1) is 14.2. The second kappa shape index (κ2) is 5.81. The first-order valence-corrected chi connectivity index (χ1v) is 6.32. The lowest BCUT2D eigenvalue weighted by Gasteiger charge is -2.08. The third-order valence-electron chi connectivity index (χ3n) is 2.29. The zero-order chi connectivity index (χ0) is 14.7. The van der Waals surface area contributed by atoms with E-state index in [4.69, 9.17) is 16.9 Å². The predicted molar refractivity (Wildman–Crippen MR) is 75.8 cm³/mol. The van der Waals surface area contributed by atoms with Crippen LogP contribution in [0.1, 0.15) is 5.56 Å².